The molecule has 1 aromatic rings. The highest BCUT2D eigenvalue weighted by Gasteiger charge is 2.47. The van der Waals surface area contributed by atoms with E-state index in [9.17, 15) is 22.0 Å². The largest absolute Gasteiger partial charge is 0.415 e. The fourth-order valence-corrected chi connectivity index (χ4v) is 5.27. The molecule has 3 aliphatic rings. The van der Waals surface area contributed by atoms with E-state index in [2.05, 4.69) is 6.92 Å². The maximum Gasteiger partial charge on any atom is 0.415 e. The Morgan fingerprint density at radius 2 is 1.57 bits per heavy atom. The van der Waals surface area contributed by atoms with Crippen molar-refractivity contribution in [3.63, 3.8) is 0 Å². The lowest BCUT2D eigenvalue weighted by atomic mass is 9.78. The van der Waals surface area contributed by atoms with Crippen LogP contribution in [0.25, 0.3) is 5.57 Å². The molecule has 30 heavy (non-hydrogen) atoms. The van der Waals surface area contributed by atoms with E-state index in [-0.39, 0.29) is 18.1 Å². The first-order valence-electron chi connectivity index (χ1n) is 10.7. The molecular weight excluding hydrogens is 399 g/mol. The number of rotatable bonds is 2. The van der Waals surface area contributed by atoms with Crippen LogP contribution in [0.3, 0.4) is 0 Å². The number of allylic oxidation sites excluding steroid dienone is 1. The molecule has 1 fully saturated rings. The molecule has 0 amide bonds. The molecule has 1 saturated carbocycles. The van der Waals surface area contributed by atoms with E-state index in [1.807, 2.05) is 0 Å². The summed E-state index contributed by atoms with van der Waals surface area (Å²) in [5.41, 5.74) is 2.45. The molecule has 1 nitrogen and oxygen atoms in total. The Kier molecular flexibility index (Phi) is 5.82. The maximum atomic E-state index is 15.0. The summed E-state index contributed by atoms with van der Waals surface area (Å²) in [5, 5.41) is 0. The van der Waals surface area contributed by atoms with Gasteiger partial charge < -0.3 is 4.74 Å². The van der Waals surface area contributed by atoms with E-state index in [0.717, 1.165) is 25.7 Å². The second-order valence-corrected chi connectivity index (χ2v) is 9.10. The third-order valence-corrected chi connectivity index (χ3v) is 7.04. The quantitative estimate of drug-likeness (QED) is 0.450. The summed E-state index contributed by atoms with van der Waals surface area (Å²) in [4.78, 5) is 0. The number of ether oxygens (including phenoxy) is 1. The minimum Gasteiger partial charge on any atom is -0.363 e. The number of alkyl halides is 3. The molecule has 1 aromatic carbocycles. The van der Waals surface area contributed by atoms with Gasteiger partial charge in [0.15, 0.2) is 6.10 Å². The van der Waals surface area contributed by atoms with Gasteiger partial charge in [0.05, 0.1) is 6.61 Å². The van der Waals surface area contributed by atoms with Gasteiger partial charge in [0, 0.05) is 11.5 Å². The third kappa shape index (κ3) is 4.08. The highest BCUT2D eigenvalue weighted by Crippen LogP contribution is 2.44. The summed E-state index contributed by atoms with van der Waals surface area (Å²) >= 11 is 0. The summed E-state index contributed by atoms with van der Waals surface area (Å²) in [7, 11) is 0. The molecule has 0 N–H and O–H groups in total. The standard InChI is InChI=1S/C24H27F5O/c1-13-3-5-15(6-4-13)17-10-20(25)22(21(26)11-17)16-7-8-19-14(2)23(24(27,28)29)30-12-18(19)9-16/h9-11,13-15,23H,3-8,12H2,1-2H3. The van der Waals surface area contributed by atoms with Crippen LogP contribution in [-0.4, -0.2) is 18.9 Å². The normalized spacial score (nSPS) is 30.2. The lowest BCUT2D eigenvalue weighted by Crippen LogP contribution is -2.42. The van der Waals surface area contributed by atoms with Crippen molar-refractivity contribution < 1.29 is 26.7 Å². The van der Waals surface area contributed by atoms with Crippen LogP contribution in [0.1, 0.15) is 69.4 Å². The highest BCUT2D eigenvalue weighted by molar-refractivity contribution is 5.72. The molecule has 0 spiro atoms. The van der Waals surface area contributed by atoms with Crippen LogP contribution in [0, 0.1) is 23.5 Å². The average Bonchev–Trinajstić information content (AvgIpc) is 2.67. The molecule has 4 rings (SSSR count). The van der Waals surface area contributed by atoms with Gasteiger partial charge >= 0.3 is 6.18 Å². The second-order valence-electron chi connectivity index (χ2n) is 9.10. The predicted molar refractivity (Wildman–Crippen MR) is 106 cm³/mol. The van der Waals surface area contributed by atoms with Gasteiger partial charge in [-0.3, -0.25) is 0 Å². The Morgan fingerprint density at radius 1 is 0.933 bits per heavy atom. The first-order valence-corrected chi connectivity index (χ1v) is 10.7. The van der Waals surface area contributed by atoms with E-state index >= 15 is 0 Å². The summed E-state index contributed by atoms with van der Waals surface area (Å²) in [6, 6.07) is 2.90. The molecule has 1 aliphatic heterocycles. The van der Waals surface area contributed by atoms with Crippen LogP contribution in [0.4, 0.5) is 22.0 Å². The van der Waals surface area contributed by atoms with Gasteiger partial charge in [-0.2, -0.15) is 13.2 Å². The van der Waals surface area contributed by atoms with Crippen LogP contribution in [-0.2, 0) is 4.74 Å². The topological polar surface area (TPSA) is 9.23 Å². The summed E-state index contributed by atoms with van der Waals surface area (Å²) in [6.07, 6.45) is 0.0719. The van der Waals surface area contributed by atoms with Crippen LogP contribution in [0.5, 0.6) is 0 Å². The van der Waals surface area contributed by atoms with Crippen LogP contribution < -0.4 is 0 Å². The van der Waals surface area contributed by atoms with Crippen molar-refractivity contribution >= 4 is 5.57 Å². The number of halogens is 5. The van der Waals surface area contributed by atoms with Crippen LogP contribution in [0.15, 0.2) is 29.4 Å². The lowest BCUT2D eigenvalue weighted by molar-refractivity contribution is -0.232. The zero-order chi connectivity index (χ0) is 21.6. The second kappa shape index (κ2) is 8.10. The number of benzene rings is 1. The van der Waals surface area contributed by atoms with Crippen molar-refractivity contribution in [1.29, 1.82) is 0 Å². The van der Waals surface area contributed by atoms with Crippen molar-refractivity contribution in [1.82, 2.24) is 0 Å². The Hall–Kier alpha value is -1.69. The highest BCUT2D eigenvalue weighted by atomic mass is 19.4. The molecule has 0 radical (unpaired) electrons. The number of hydrogen-bond acceptors (Lipinski definition) is 1. The van der Waals surface area contributed by atoms with E-state index in [0.29, 0.717) is 41.0 Å². The molecule has 0 bridgehead atoms. The molecule has 2 unspecified atom stereocenters. The van der Waals surface area contributed by atoms with Crippen LogP contribution >= 0.6 is 0 Å². The Bertz CT molecular complexity index is 851. The Balaban J connectivity index is 1.61. The molecule has 164 valence electrons. The van der Waals surface area contributed by atoms with Crippen molar-refractivity contribution in [2.45, 2.75) is 70.6 Å². The fourth-order valence-electron chi connectivity index (χ4n) is 5.27. The van der Waals surface area contributed by atoms with Gasteiger partial charge in [-0.25, -0.2) is 8.78 Å². The van der Waals surface area contributed by atoms with Gasteiger partial charge in [0.25, 0.3) is 0 Å². The molecule has 0 saturated heterocycles. The third-order valence-electron chi connectivity index (χ3n) is 7.04. The van der Waals surface area contributed by atoms with E-state index in [4.69, 9.17) is 4.74 Å². The molecule has 6 heteroatoms. The average molecular weight is 426 g/mol. The van der Waals surface area contributed by atoms with E-state index in [1.54, 1.807) is 6.08 Å². The monoisotopic (exact) mass is 426 g/mol. The van der Waals surface area contributed by atoms with Gasteiger partial charge in [-0.05, 0) is 66.4 Å². The van der Waals surface area contributed by atoms with Gasteiger partial charge in [0.1, 0.15) is 11.6 Å². The molecule has 2 aliphatic carbocycles. The zero-order valence-electron chi connectivity index (χ0n) is 17.3. The van der Waals surface area contributed by atoms with Gasteiger partial charge in [-0.1, -0.05) is 38.3 Å². The fraction of sp³-hybridized carbons (Fsp3) is 0.583. The molecular formula is C24H27F5O. The van der Waals surface area contributed by atoms with Crippen molar-refractivity contribution in [3.05, 3.63) is 52.1 Å². The first kappa shape index (κ1) is 21.5. The minimum absolute atomic E-state index is 0.0555. The van der Waals surface area contributed by atoms with E-state index < -0.39 is 29.8 Å². The minimum atomic E-state index is -4.42. The molecule has 2 atom stereocenters. The Labute approximate surface area is 174 Å². The summed E-state index contributed by atoms with van der Waals surface area (Å²) in [6.45, 7) is 3.52. The predicted octanol–water partition coefficient (Wildman–Crippen LogP) is 7.33. The molecule has 0 aromatic heterocycles. The first-order chi connectivity index (χ1) is 14.1. The SMILES string of the molecule is CC1CCC(c2cc(F)c(C3=CC4=C(CC3)C(C)C(C(F)(F)F)OC4)c(F)c2)CC1. The summed E-state index contributed by atoms with van der Waals surface area (Å²) in [5.74, 6) is -1.13. The van der Waals surface area contributed by atoms with Gasteiger partial charge in [-0.15, -0.1) is 0 Å². The van der Waals surface area contributed by atoms with E-state index in [1.165, 1.54) is 19.1 Å². The van der Waals surface area contributed by atoms with Crippen molar-refractivity contribution in [2.75, 3.05) is 6.61 Å². The van der Waals surface area contributed by atoms with Crippen molar-refractivity contribution in [3.8, 4) is 0 Å². The van der Waals surface area contributed by atoms with Crippen molar-refractivity contribution in [2.24, 2.45) is 11.8 Å². The van der Waals surface area contributed by atoms with Crippen LogP contribution in [0.2, 0.25) is 0 Å². The van der Waals surface area contributed by atoms with Gasteiger partial charge in [0.2, 0.25) is 0 Å². The molecule has 1 heterocycles. The smallest absolute Gasteiger partial charge is 0.363 e. The number of hydrogen-bond donors (Lipinski definition) is 0. The maximum absolute atomic E-state index is 15.0. The zero-order valence-corrected chi connectivity index (χ0v) is 17.3. The summed E-state index contributed by atoms with van der Waals surface area (Å²) < 4.78 is 74.4. The Morgan fingerprint density at radius 3 is 2.17 bits per heavy atom. The lowest BCUT2D eigenvalue weighted by Gasteiger charge is -2.36.